The molecule has 2 amide bonds. The van der Waals surface area contributed by atoms with Crippen LogP contribution in [0, 0.1) is 5.92 Å². The number of rotatable bonds is 7. The first-order valence-corrected chi connectivity index (χ1v) is 14.3. The molecule has 3 aliphatic rings. The van der Waals surface area contributed by atoms with Crippen molar-refractivity contribution in [3.63, 3.8) is 0 Å². The second-order valence-electron chi connectivity index (χ2n) is 12.8. The topological polar surface area (TPSA) is 103 Å². The highest BCUT2D eigenvalue weighted by molar-refractivity contribution is 5.97. The SMILES string of the molecule is COc1cc(C(=O)NC2CC(C)(C)N(C)C(C)(C)C2)ccc1Nc1ncc2c(n1)N(CC1CC1)CCC(=O)N2C. The molecule has 0 atom stereocenters. The summed E-state index contributed by atoms with van der Waals surface area (Å²) in [4.78, 5) is 41.4. The summed E-state index contributed by atoms with van der Waals surface area (Å²) in [6, 6.07) is 5.44. The van der Waals surface area contributed by atoms with Gasteiger partial charge in [0.15, 0.2) is 5.82 Å². The summed E-state index contributed by atoms with van der Waals surface area (Å²) in [5.74, 6) is 2.30. The summed E-state index contributed by atoms with van der Waals surface area (Å²) in [6.07, 6.45) is 6.35. The van der Waals surface area contributed by atoms with Crippen LogP contribution < -0.4 is 25.2 Å². The lowest BCUT2D eigenvalue weighted by Crippen LogP contribution is -2.62. The molecule has 0 radical (unpaired) electrons. The average molecular weight is 550 g/mol. The zero-order chi connectivity index (χ0) is 28.8. The van der Waals surface area contributed by atoms with Gasteiger partial charge in [-0.05, 0) is 84.5 Å². The minimum Gasteiger partial charge on any atom is -0.495 e. The Labute approximate surface area is 237 Å². The van der Waals surface area contributed by atoms with Gasteiger partial charge in [0.2, 0.25) is 11.9 Å². The molecular weight excluding hydrogens is 506 g/mol. The van der Waals surface area contributed by atoms with Crippen LogP contribution in [0.15, 0.2) is 24.4 Å². The molecule has 2 fully saturated rings. The van der Waals surface area contributed by atoms with Gasteiger partial charge in [-0.25, -0.2) is 4.98 Å². The van der Waals surface area contributed by atoms with Gasteiger partial charge in [-0.2, -0.15) is 4.98 Å². The first kappa shape index (κ1) is 28.1. The van der Waals surface area contributed by atoms with Gasteiger partial charge in [0, 0.05) is 49.2 Å². The van der Waals surface area contributed by atoms with Crippen LogP contribution >= 0.6 is 0 Å². The van der Waals surface area contributed by atoms with E-state index in [0.29, 0.717) is 47.5 Å². The second-order valence-corrected chi connectivity index (χ2v) is 12.8. The molecule has 1 aromatic heterocycles. The summed E-state index contributed by atoms with van der Waals surface area (Å²) in [5.41, 5.74) is 1.88. The molecule has 0 bridgehead atoms. The van der Waals surface area contributed by atoms with Crippen LogP contribution in [-0.4, -0.2) is 78.1 Å². The predicted molar refractivity (Wildman–Crippen MR) is 158 cm³/mol. The third-order valence-corrected chi connectivity index (χ3v) is 8.91. The molecule has 1 saturated carbocycles. The van der Waals surface area contributed by atoms with Gasteiger partial charge in [0.1, 0.15) is 11.4 Å². The molecule has 3 heterocycles. The highest BCUT2D eigenvalue weighted by Crippen LogP contribution is 2.38. The fourth-order valence-corrected chi connectivity index (χ4v) is 6.12. The average Bonchev–Trinajstić information content (AvgIpc) is 3.73. The van der Waals surface area contributed by atoms with Crippen molar-refractivity contribution in [1.82, 2.24) is 20.2 Å². The zero-order valence-electron chi connectivity index (χ0n) is 24.9. The van der Waals surface area contributed by atoms with Gasteiger partial charge in [-0.1, -0.05) is 0 Å². The van der Waals surface area contributed by atoms with Crippen molar-refractivity contribution in [1.29, 1.82) is 0 Å². The number of nitrogens with zero attached hydrogens (tertiary/aromatic N) is 5. The Bertz CT molecular complexity index is 1270. The number of amides is 2. The number of fused-ring (bicyclic) bond motifs is 1. The molecule has 1 saturated heterocycles. The monoisotopic (exact) mass is 549 g/mol. The fourth-order valence-electron chi connectivity index (χ4n) is 6.12. The lowest BCUT2D eigenvalue weighted by Gasteiger charge is -2.53. The third kappa shape index (κ3) is 5.73. The number of piperidine rings is 1. The van der Waals surface area contributed by atoms with Crippen molar-refractivity contribution in [3.05, 3.63) is 30.0 Å². The summed E-state index contributed by atoms with van der Waals surface area (Å²) in [7, 11) is 5.52. The maximum Gasteiger partial charge on any atom is 0.251 e. The number of aromatic nitrogens is 2. The summed E-state index contributed by atoms with van der Waals surface area (Å²) < 4.78 is 5.66. The lowest BCUT2D eigenvalue weighted by molar-refractivity contribution is -0.118. The van der Waals surface area contributed by atoms with Crippen molar-refractivity contribution in [2.75, 3.05) is 49.4 Å². The van der Waals surface area contributed by atoms with E-state index >= 15 is 0 Å². The summed E-state index contributed by atoms with van der Waals surface area (Å²) >= 11 is 0. The van der Waals surface area contributed by atoms with Crippen LogP contribution in [0.2, 0.25) is 0 Å². The Hall–Kier alpha value is -3.40. The minimum absolute atomic E-state index is 0.0185. The number of carbonyl (C=O) groups is 2. The largest absolute Gasteiger partial charge is 0.495 e. The van der Waals surface area contributed by atoms with E-state index in [1.807, 2.05) is 6.07 Å². The van der Waals surface area contributed by atoms with E-state index in [9.17, 15) is 9.59 Å². The molecular formula is C30H43N7O3. The van der Waals surface area contributed by atoms with Gasteiger partial charge in [0.05, 0.1) is 19.0 Å². The normalized spacial score (nSPS) is 21.0. The van der Waals surface area contributed by atoms with Crippen LogP contribution in [-0.2, 0) is 4.79 Å². The van der Waals surface area contributed by atoms with Crippen molar-refractivity contribution < 1.29 is 14.3 Å². The van der Waals surface area contributed by atoms with E-state index in [1.165, 1.54) is 12.8 Å². The number of hydrogen-bond donors (Lipinski definition) is 2. The standard InChI is InChI=1S/C30H43N7O3/c1-29(2)15-21(16-30(3,4)36(29)6)32-27(39)20-10-11-22(24(14-20)40-7)33-28-31-17-23-26(34-28)37(18-19-8-9-19)13-12-25(38)35(23)5/h10-11,14,17,19,21H,8-9,12-13,15-16,18H2,1-7H3,(H,32,39)(H,31,33,34). The molecule has 10 nitrogen and oxygen atoms in total. The second kappa shape index (κ2) is 10.5. The van der Waals surface area contributed by atoms with Crippen LogP contribution in [0.5, 0.6) is 5.75 Å². The molecule has 2 aromatic rings. The number of ether oxygens (including phenoxy) is 1. The maximum atomic E-state index is 13.3. The number of methoxy groups -OCH3 is 1. The van der Waals surface area contributed by atoms with Crippen molar-refractivity contribution in [2.45, 2.75) is 76.9 Å². The Morgan fingerprint density at radius 1 is 1.12 bits per heavy atom. The number of likely N-dealkylation sites (tertiary alicyclic amines) is 1. The van der Waals surface area contributed by atoms with Gasteiger partial charge < -0.3 is 25.2 Å². The molecule has 216 valence electrons. The van der Waals surface area contributed by atoms with Crippen molar-refractivity contribution in [3.8, 4) is 5.75 Å². The highest BCUT2D eigenvalue weighted by Gasteiger charge is 2.43. The van der Waals surface area contributed by atoms with Gasteiger partial charge >= 0.3 is 0 Å². The van der Waals surface area contributed by atoms with Crippen LogP contribution in [0.25, 0.3) is 0 Å². The lowest BCUT2D eigenvalue weighted by atomic mass is 9.77. The Kier molecular flexibility index (Phi) is 7.41. The number of anilines is 4. The van der Waals surface area contributed by atoms with Gasteiger partial charge in [-0.3, -0.25) is 14.5 Å². The van der Waals surface area contributed by atoms with Gasteiger partial charge in [0.25, 0.3) is 5.91 Å². The molecule has 40 heavy (non-hydrogen) atoms. The van der Waals surface area contributed by atoms with Crippen LogP contribution in [0.3, 0.4) is 0 Å². The maximum absolute atomic E-state index is 13.3. The number of benzene rings is 1. The molecule has 0 unspecified atom stereocenters. The molecule has 1 aliphatic carbocycles. The fraction of sp³-hybridized carbons (Fsp3) is 0.600. The quantitative estimate of drug-likeness (QED) is 0.530. The molecule has 10 heteroatoms. The van der Waals surface area contributed by atoms with E-state index < -0.39 is 0 Å². The van der Waals surface area contributed by atoms with E-state index in [0.717, 1.165) is 25.2 Å². The first-order chi connectivity index (χ1) is 18.9. The third-order valence-electron chi connectivity index (χ3n) is 8.91. The number of hydrogen-bond acceptors (Lipinski definition) is 8. The molecule has 2 aliphatic heterocycles. The predicted octanol–water partition coefficient (Wildman–Crippen LogP) is 4.19. The van der Waals surface area contributed by atoms with E-state index in [2.05, 4.69) is 60.2 Å². The van der Waals surface area contributed by atoms with Crippen molar-refractivity contribution in [2.24, 2.45) is 5.92 Å². The Balaban J connectivity index is 1.34. The van der Waals surface area contributed by atoms with Crippen LogP contribution in [0.1, 0.15) is 70.2 Å². The molecule has 5 rings (SSSR count). The number of carbonyl (C=O) groups excluding carboxylic acids is 2. The number of nitrogens with one attached hydrogen (secondary N) is 2. The Morgan fingerprint density at radius 2 is 1.82 bits per heavy atom. The smallest absolute Gasteiger partial charge is 0.251 e. The highest BCUT2D eigenvalue weighted by atomic mass is 16.5. The Morgan fingerprint density at radius 3 is 2.48 bits per heavy atom. The van der Waals surface area contributed by atoms with E-state index in [-0.39, 0.29) is 28.9 Å². The van der Waals surface area contributed by atoms with Gasteiger partial charge in [-0.15, -0.1) is 0 Å². The molecule has 0 spiro atoms. The minimum atomic E-state index is -0.115. The summed E-state index contributed by atoms with van der Waals surface area (Å²) in [6.45, 7) is 10.4. The molecule has 1 aromatic carbocycles. The van der Waals surface area contributed by atoms with E-state index in [4.69, 9.17) is 9.72 Å². The molecule has 2 N–H and O–H groups in total. The van der Waals surface area contributed by atoms with Crippen LogP contribution in [0.4, 0.5) is 23.1 Å². The first-order valence-electron chi connectivity index (χ1n) is 14.3. The van der Waals surface area contributed by atoms with Crippen molar-refractivity contribution >= 4 is 35.0 Å². The van der Waals surface area contributed by atoms with E-state index in [1.54, 1.807) is 37.4 Å². The summed E-state index contributed by atoms with van der Waals surface area (Å²) in [5, 5.41) is 6.53. The zero-order valence-corrected chi connectivity index (χ0v) is 24.9.